The summed E-state index contributed by atoms with van der Waals surface area (Å²) in [7, 11) is 0. The monoisotopic (exact) mass is 1350 g/mol. The van der Waals surface area contributed by atoms with Crippen molar-refractivity contribution in [3.8, 4) is 0 Å². The largest absolute Gasteiger partial charge is 0.370 e. The highest BCUT2D eigenvalue weighted by Crippen LogP contribution is 2.24. The molecule has 2 saturated heterocycles. The molecule has 0 spiro atoms. The molecular formula is C63H98N18O13S. The van der Waals surface area contributed by atoms with Crippen LogP contribution in [0.2, 0.25) is 0 Å². The number of carbonyl (C=O) groups is 13. The number of guanidine groups is 1. The number of nitrogens with zero attached hydrogens (tertiary/aromatic N) is 3. The van der Waals surface area contributed by atoms with Gasteiger partial charge < -0.3 is 92.5 Å². The zero-order chi connectivity index (χ0) is 70.1. The Labute approximate surface area is 558 Å². The van der Waals surface area contributed by atoms with Crippen molar-refractivity contribution in [2.45, 2.75) is 183 Å². The van der Waals surface area contributed by atoms with Gasteiger partial charge in [-0.15, -0.1) is 0 Å². The number of thioether (sulfide) groups is 1. The lowest BCUT2D eigenvalue weighted by Crippen LogP contribution is -2.60. The van der Waals surface area contributed by atoms with Crippen molar-refractivity contribution < 1.29 is 62.3 Å². The fourth-order valence-corrected chi connectivity index (χ4v) is 11.5. The van der Waals surface area contributed by atoms with Gasteiger partial charge in [-0.05, 0) is 119 Å². The van der Waals surface area contributed by atoms with Gasteiger partial charge >= 0.3 is 0 Å². The maximum Gasteiger partial charge on any atom is 0.245 e. The van der Waals surface area contributed by atoms with Crippen molar-refractivity contribution in [1.29, 1.82) is 0 Å². The fraction of sp³-hybridized carbons (Fsp3) is 0.587. The molecule has 0 radical (unpaired) electrons. The highest BCUT2D eigenvalue weighted by Gasteiger charge is 2.42. The van der Waals surface area contributed by atoms with E-state index < -0.39 is 169 Å². The topological polar surface area (TPSA) is 519 Å². The van der Waals surface area contributed by atoms with Crippen LogP contribution in [0.25, 0.3) is 0 Å². The summed E-state index contributed by atoms with van der Waals surface area (Å²) in [4.78, 5) is 185. The van der Waals surface area contributed by atoms with Crippen molar-refractivity contribution in [2.75, 3.05) is 44.7 Å². The number of benzene rings is 2. The Morgan fingerprint density at radius 3 is 1.51 bits per heavy atom. The van der Waals surface area contributed by atoms with Crippen molar-refractivity contribution >= 4 is 94.5 Å². The Kier molecular flexibility index (Phi) is 33.9. The van der Waals surface area contributed by atoms with Gasteiger partial charge in [0.25, 0.3) is 0 Å². The van der Waals surface area contributed by atoms with Crippen molar-refractivity contribution in [1.82, 2.24) is 52.3 Å². The molecule has 95 heavy (non-hydrogen) atoms. The number of aliphatic imine (C=N–C) groups is 1. The van der Waals surface area contributed by atoms with Gasteiger partial charge in [0.1, 0.15) is 54.4 Å². The van der Waals surface area contributed by atoms with Crippen LogP contribution in [-0.2, 0) is 75.2 Å². The Morgan fingerprint density at radius 2 is 1.01 bits per heavy atom. The lowest BCUT2D eigenvalue weighted by Gasteiger charge is -2.32. The molecule has 32 heteroatoms. The molecule has 2 heterocycles. The van der Waals surface area contributed by atoms with Crippen LogP contribution in [0, 0.1) is 5.92 Å². The minimum atomic E-state index is -1.64. The highest BCUT2D eigenvalue weighted by molar-refractivity contribution is 7.98. The SMILES string of the molecule is CSCC[C@H](NC(=O)[C@H](CC(C)C)NC(=O)CNC(=O)[C@H](Cc1ccccc1)NC(=O)[C@@H](Cc1ccccc1)NC(=O)[C@H](CCC(N)=O)NC(=O)[C@@H](CCC(N)=O)NC(=O)[C@@H]1CCCN1C(=O)[C@H](CCCCN)NC(=O)[C@@H]1CCCN1C(=O)[C@@H](N)CCCN=C(N)N)C(N)=O. The van der Waals surface area contributed by atoms with Gasteiger partial charge in [0.2, 0.25) is 76.8 Å². The summed E-state index contributed by atoms with van der Waals surface area (Å²) in [6.45, 7) is 3.86. The predicted octanol–water partition coefficient (Wildman–Crippen LogP) is -3.71. The molecule has 2 aromatic carbocycles. The van der Waals surface area contributed by atoms with Crippen LogP contribution in [0.1, 0.15) is 121 Å². The molecule has 2 fully saturated rings. The molecule has 13 amide bonds. The standard InChI is InChI=1S/C63H98N18O13S/c1-37(2)33-45(57(89)74-41(53(68)85)27-32-95-3)73-52(84)36-72-54(86)46(34-38-15-6-4-7-16-38)78-58(90)47(35-39-17-8-5-9-18-39)79-56(88)42(23-25-50(66)82)75-55(87)43(24-26-51(67)83)76-59(91)49-22-14-31-81(49)62(94)44(20-10-11-28-64)77-60(92)48-21-13-30-80(48)61(93)40(65)19-12-29-71-63(69)70/h4-9,15-18,37,40-49H,10-14,19-36,64-65H2,1-3H3,(H2,66,82)(H2,67,83)(H2,68,85)(H,72,86)(H,73,84)(H,74,89)(H,75,87)(H,76,91)(H,77,92)(H,78,90)(H,79,88)(H4,69,70,71)/t40-,41-,42-,43+,44-,45-,46-,47+,48-,49-/m0/s1. The number of likely N-dealkylation sites (tertiary alicyclic amines) is 2. The average Bonchev–Trinajstić information content (AvgIpc) is 1.74. The van der Waals surface area contributed by atoms with E-state index in [-0.39, 0.29) is 83.0 Å². The highest BCUT2D eigenvalue weighted by atomic mass is 32.2. The number of primary amides is 3. The van der Waals surface area contributed by atoms with Gasteiger partial charge in [0.05, 0.1) is 12.6 Å². The molecule has 22 N–H and O–H groups in total. The van der Waals surface area contributed by atoms with E-state index in [1.807, 2.05) is 20.1 Å². The lowest BCUT2D eigenvalue weighted by molar-refractivity contribution is -0.144. The van der Waals surface area contributed by atoms with E-state index in [4.69, 9.17) is 40.1 Å². The van der Waals surface area contributed by atoms with Crippen LogP contribution >= 0.6 is 11.8 Å². The number of rotatable bonds is 42. The van der Waals surface area contributed by atoms with Gasteiger partial charge in [-0.3, -0.25) is 67.3 Å². The first-order chi connectivity index (χ1) is 45.2. The van der Waals surface area contributed by atoms with Gasteiger partial charge in [-0.2, -0.15) is 11.8 Å². The zero-order valence-electron chi connectivity index (χ0n) is 54.5. The number of nitrogens with one attached hydrogen (secondary N) is 8. The van der Waals surface area contributed by atoms with Crippen LogP contribution in [0.5, 0.6) is 0 Å². The first-order valence-electron chi connectivity index (χ1n) is 32.2. The molecule has 31 nitrogen and oxygen atoms in total. The van der Waals surface area contributed by atoms with E-state index in [1.54, 1.807) is 60.7 Å². The number of hydrogen-bond acceptors (Lipinski definition) is 17. The first-order valence-corrected chi connectivity index (χ1v) is 33.6. The third kappa shape index (κ3) is 27.5. The van der Waals surface area contributed by atoms with Crippen molar-refractivity contribution in [2.24, 2.45) is 51.0 Å². The molecule has 0 bridgehead atoms. The molecular weight excluding hydrogens is 1250 g/mol. The molecule has 0 saturated carbocycles. The summed E-state index contributed by atoms with van der Waals surface area (Å²) in [6, 6.07) is 4.51. The summed E-state index contributed by atoms with van der Waals surface area (Å²) in [5.41, 5.74) is 40.6. The Bertz CT molecular complexity index is 2960. The molecule has 524 valence electrons. The van der Waals surface area contributed by atoms with Crippen LogP contribution < -0.4 is 82.7 Å². The Hall–Kier alpha value is -8.91. The summed E-state index contributed by atoms with van der Waals surface area (Å²) in [5, 5.41) is 21.1. The Morgan fingerprint density at radius 1 is 0.537 bits per heavy atom. The second-order valence-electron chi connectivity index (χ2n) is 24.1. The second-order valence-corrected chi connectivity index (χ2v) is 25.1. The molecule has 2 aliphatic rings. The molecule has 0 aliphatic carbocycles. The maximum atomic E-state index is 14.7. The molecule has 0 aromatic heterocycles. The second kappa shape index (κ2) is 41.0. The lowest BCUT2D eigenvalue weighted by atomic mass is 10.0. The minimum Gasteiger partial charge on any atom is -0.370 e. The third-order valence-corrected chi connectivity index (χ3v) is 16.7. The van der Waals surface area contributed by atoms with Crippen molar-refractivity contribution in [3.63, 3.8) is 0 Å². The maximum absolute atomic E-state index is 14.7. The van der Waals surface area contributed by atoms with Crippen LogP contribution in [0.4, 0.5) is 0 Å². The Balaban J connectivity index is 1.56. The van der Waals surface area contributed by atoms with Crippen LogP contribution in [0.15, 0.2) is 65.7 Å². The quantitative estimate of drug-likeness (QED) is 0.0173. The van der Waals surface area contributed by atoms with E-state index in [0.29, 0.717) is 55.4 Å². The number of hydrogen-bond donors (Lipinski definition) is 15. The van der Waals surface area contributed by atoms with Gasteiger partial charge in [-0.1, -0.05) is 74.5 Å². The van der Waals surface area contributed by atoms with Crippen molar-refractivity contribution in [3.05, 3.63) is 71.8 Å². The molecule has 4 rings (SSSR count). The molecule has 2 aliphatic heterocycles. The molecule has 2 aromatic rings. The van der Waals surface area contributed by atoms with E-state index in [2.05, 4.69) is 47.5 Å². The number of amides is 13. The van der Waals surface area contributed by atoms with Gasteiger partial charge in [-0.25, -0.2) is 0 Å². The van der Waals surface area contributed by atoms with E-state index >= 15 is 0 Å². The summed E-state index contributed by atoms with van der Waals surface area (Å²) in [6.07, 6.45) is 3.12. The molecule has 10 atom stereocenters. The number of unbranched alkanes of at least 4 members (excludes halogenated alkanes) is 1. The summed E-state index contributed by atoms with van der Waals surface area (Å²) < 4.78 is 0. The number of nitrogens with two attached hydrogens (primary N) is 7. The van der Waals surface area contributed by atoms with E-state index in [9.17, 15) is 62.3 Å². The van der Waals surface area contributed by atoms with Gasteiger partial charge in [0, 0.05) is 45.3 Å². The van der Waals surface area contributed by atoms with Crippen LogP contribution in [-0.4, -0.2) is 198 Å². The zero-order valence-corrected chi connectivity index (χ0v) is 55.3. The summed E-state index contributed by atoms with van der Waals surface area (Å²) in [5.74, 6) is -9.80. The minimum absolute atomic E-state index is 0.0736. The predicted molar refractivity (Wildman–Crippen MR) is 356 cm³/mol. The van der Waals surface area contributed by atoms with Crippen LogP contribution in [0.3, 0.4) is 0 Å². The van der Waals surface area contributed by atoms with E-state index in [1.165, 1.54) is 21.6 Å². The fourth-order valence-electron chi connectivity index (χ4n) is 11.0. The first kappa shape index (κ1) is 78.5. The normalized spacial score (nSPS) is 16.8. The number of carbonyl (C=O) groups excluding carboxylic acids is 13. The molecule has 0 unspecified atom stereocenters. The van der Waals surface area contributed by atoms with E-state index in [0.717, 1.165) is 0 Å². The summed E-state index contributed by atoms with van der Waals surface area (Å²) >= 11 is 1.45. The van der Waals surface area contributed by atoms with Gasteiger partial charge in [0.15, 0.2) is 5.96 Å². The third-order valence-electron chi connectivity index (χ3n) is 16.0. The smallest absolute Gasteiger partial charge is 0.245 e. The average molecular weight is 1350 g/mol.